The zero-order valence-corrected chi connectivity index (χ0v) is 10.1. The Morgan fingerprint density at radius 3 is 2.42 bits per heavy atom. The molecular formula is C14H11F4N. The summed E-state index contributed by atoms with van der Waals surface area (Å²) in [5, 5.41) is 2.61. The van der Waals surface area contributed by atoms with Crippen molar-refractivity contribution in [3.8, 4) is 0 Å². The van der Waals surface area contributed by atoms with Crippen LogP contribution in [0.3, 0.4) is 0 Å². The van der Waals surface area contributed by atoms with E-state index >= 15 is 0 Å². The molecule has 19 heavy (non-hydrogen) atoms. The average molecular weight is 269 g/mol. The molecule has 2 aromatic carbocycles. The first-order valence-corrected chi connectivity index (χ1v) is 5.64. The van der Waals surface area contributed by atoms with Gasteiger partial charge in [0.25, 0.3) is 0 Å². The quantitative estimate of drug-likeness (QED) is 0.813. The first kappa shape index (κ1) is 13.4. The van der Waals surface area contributed by atoms with E-state index in [-0.39, 0.29) is 11.3 Å². The Hall–Kier alpha value is -2.04. The summed E-state index contributed by atoms with van der Waals surface area (Å²) in [6.45, 7) is 1.53. The van der Waals surface area contributed by atoms with E-state index in [2.05, 4.69) is 5.32 Å². The fraction of sp³-hybridized carbons (Fsp3) is 0.143. The van der Waals surface area contributed by atoms with Crippen LogP contribution in [0.5, 0.6) is 0 Å². The van der Waals surface area contributed by atoms with Gasteiger partial charge in [-0.2, -0.15) is 0 Å². The topological polar surface area (TPSA) is 12.0 Å². The highest BCUT2D eigenvalue weighted by molar-refractivity contribution is 5.47. The van der Waals surface area contributed by atoms with Crippen molar-refractivity contribution in [3.63, 3.8) is 0 Å². The molecule has 0 saturated heterocycles. The molecule has 0 aliphatic carbocycles. The summed E-state index contributed by atoms with van der Waals surface area (Å²) in [6.07, 6.45) is 0. The molecule has 5 heteroatoms. The van der Waals surface area contributed by atoms with Gasteiger partial charge in [0.05, 0.1) is 11.7 Å². The van der Waals surface area contributed by atoms with E-state index in [4.69, 9.17) is 0 Å². The second-order valence-electron chi connectivity index (χ2n) is 4.13. The van der Waals surface area contributed by atoms with Crippen molar-refractivity contribution in [2.45, 2.75) is 13.0 Å². The summed E-state index contributed by atoms with van der Waals surface area (Å²) in [6, 6.07) is 5.94. The second kappa shape index (κ2) is 5.30. The molecule has 1 nitrogen and oxygen atoms in total. The number of nitrogens with one attached hydrogen (secondary N) is 1. The molecule has 0 aliphatic heterocycles. The molecule has 0 fully saturated rings. The molecule has 1 unspecified atom stereocenters. The molecule has 0 radical (unpaired) electrons. The maximum Gasteiger partial charge on any atom is 0.181 e. The molecular weight excluding hydrogens is 258 g/mol. The Morgan fingerprint density at radius 2 is 1.68 bits per heavy atom. The van der Waals surface area contributed by atoms with Crippen LogP contribution in [0.15, 0.2) is 36.4 Å². The predicted octanol–water partition coefficient (Wildman–Crippen LogP) is 4.42. The van der Waals surface area contributed by atoms with Crippen LogP contribution in [0.1, 0.15) is 18.5 Å². The van der Waals surface area contributed by atoms with Gasteiger partial charge < -0.3 is 5.32 Å². The maximum atomic E-state index is 13.5. The number of halogens is 4. The minimum atomic E-state index is -1.05. The summed E-state index contributed by atoms with van der Waals surface area (Å²) in [4.78, 5) is 0. The fourth-order valence-corrected chi connectivity index (χ4v) is 1.77. The summed E-state index contributed by atoms with van der Waals surface area (Å²) in [7, 11) is 0. The van der Waals surface area contributed by atoms with Crippen LogP contribution >= 0.6 is 0 Å². The number of rotatable bonds is 3. The van der Waals surface area contributed by atoms with Crippen molar-refractivity contribution in [3.05, 3.63) is 65.2 Å². The lowest BCUT2D eigenvalue weighted by Crippen LogP contribution is -2.10. The Labute approximate surface area is 107 Å². The number of anilines is 1. The number of benzene rings is 2. The largest absolute Gasteiger partial charge is 0.376 e. The third-order valence-electron chi connectivity index (χ3n) is 2.75. The van der Waals surface area contributed by atoms with Crippen molar-refractivity contribution in [2.24, 2.45) is 0 Å². The first-order chi connectivity index (χ1) is 8.99. The van der Waals surface area contributed by atoms with Gasteiger partial charge in [-0.25, -0.2) is 17.6 Å². The summed E-state index contributed by atoms with van der Waals surface area (Å²) >= 11 is 0. The van der Waals surface area contributed by atoms with Crippen molar-refractivity contribution in [1.29, 1.82) is 0 Å². The standard InChI is InChI=1S/C14H11F4N/c1-8(10-7-9(15)5-6-11(10)16)19-13-4-2-3-12(17)14(13)18/h2-8,19H,1H3. The lowest BCUT2D eigenvalue weighted by atomic mass is 10.1. The Morgan fingerprint density at radius 1 is 0.947 bits per heavy atom. The van der Waals surface area contributed by atoms with Crippen molar-refractivity contribution in [2.75, 3.05) is 5.32 Å². The van der Waals surface area contributed by atoms with Crippen LogP contribution < -0.4 is 5.32 Å². The van der Waals surface area contributed by atoms with Crippen molar-refractivity contribution in [1.82, 2.24) is 0 Å². The summed E-state index contributed by atoms with van der Waals surface area (Å²) in [5.74, 6) is -3.26. The van der Waals surface area contributed by atoms with Gasteiger partial charge in [0, 0.05) is 5.56 Å². The summed E-state index contributed by atoms with van der Waals surface area (Å²) in [5.41, 5.74) is -0.0557. The number of hydrogen-bond donors (Lipinski definition) is 1. The average Bonchev–Trinajstić information content (AvgIpc) is 2.38. The highest BCUT2D eigenvalue weighted by Crippen LogP contribution is 2.25. The van der Waals surface area contributed by atoms with Crippen LogP contribution in [0, 0.1) is 23.3 Å². The highest BCUT2D eigenvalue weighted by atomic mass is 19.2. The minimum absolute atomic E-state index is 0.0451. The van der Waals surface area contributed by atoms with E-state index in [1.165, 1.54) is 19.1 Å². The molecule has 0 aromatic heterocycles. The van der Waals surface area contributed by atoms with Crippen LogP contribution in [0.4, 0.5) is 23.2 Å². The lowest BCUT2D eigenvalue weighted by molar-refractivity contribution is 0.509. The molecule has 1 atom stereocenters. The van der Waals surface area contributed by atoms with Crippen LogP contribution in [0.2, 0.25) is 0 Å². The molecule has 0 bridgehead atoms. The molecule has 2 rings (SSSR count). The van der Waals surface area contributed by atoms with Gasteiger partial charge in [0.2, 0.25) is 0 Å². The van der Waals surface area contributed by atoms with Gasteiger partial charge in [-0.15, -0.1) is 0 Å². The van der Waals surface area contributed by atoms with Crippen LogP contribution in [-0.4, -0.2) is 0 Å². The minimum Gasteiger partial charge on any atom is -0.376 e. The molecule has 0 amide bonds. The maximum absolute atomic E-state index is 13.5. The molecule has 1 N–H and O–H groups in total. The fourth-order valence-electron chi connectivity index (χ4n) is 1.77. The zero-order valence-electron chi connectivity index (χ0n) is 10.1. The van der Waals surface area contributed by atoms with Gasteiger partial charge in [0.15, 0.2) is 11.6 Å². The Balaban J connectivity index is 2.28. The van der Waals surface area contributed by atoms with Gasteiger partial charge in [-0.3, -0.25) is 0 Å². The Bertz CT molecular complexity index is 598. The predicted molar refractivity (Wildman–Crippen MR) is 64.8 cm³/mol. The molecule has 2 aromatic rings. The van der Waals surface area contributed by atoms with Gasteiger partial charge in [-0.1, -0.05) is 6.07 Å². The third kappa shape index (κ3) is 2.86. The number of hydrogen-bond acceptors (Lipinski definition) is 1. The van der Waals surface area contributed by atoms with E-state index in [1.54, 1.807) is 0 Å². The van der Waals surface area contributed by atoms with E-state index in [0.717, 1.165) is 24.3 Å². The van der Waals surface area contributed by atoms with E-state index in [1.807, 2.05) is 0 Å². The SMILES string of the molecule is CC(Nc1cccc(F)c1F)c1cc(F)ccc1F. The van der Waals surface area contributed by atoms with E-state index in [0.29, 0.717) is 0 Å². The molecule has 0 aliphatic rings. The summed E-state index contributed by atoms with van der Waals surface area (Å²) < 4.78 is 53.1. The normalized spacial score (nSPS) is 12.3. The highest BCUT2D eigenvalue weighted by Gasteiger charge is 2.15. The smallest absolute Gasteiger partial charge is 0.181 e. The van der Waals surface area contributed by atoms with Crippen molar-refractivity contribution < 1.29 is 17.6 Å². The molecule has 0 spiro atoms. The van der Waals surface area contributed by atoms with Crippen molar-refractivity contribution >= 4 is 5.69 Å². The van der Waals surface area contributed by atoms with Crippen LogP contribution in [0.25, 0.3) is 0 Å². The molecule has 0 heterocycles. The van der Waals surface area contributed by atoms with Crippen LogP contribution in [-0.2, 0) is 0 Å². The first-order valence-electron chi connectivity index (χ1n) is 5.64. The zero-order chi connectivity index (χ0) is 14.0. The van der Waals surface area contributed by atoms with Gasteiger partial charge in [0.1, 0.15) is 11.6 Å². The monoisotopic (exact) mass is 269 g/mol. The van der Waals surface area contributed by atoms with E-state index in [9.17, 15) is 17.6 Å². The lowest BCUT2D eigenvalue weighted by Gasteiger charge is -2.17. The van der Waals surface area contributed by atoms with E-state index < -0.39 is 29.3 Å². The van der Waals surface area contributed by atoms with Gasteiger partial charge in [-0.05, 0) is 37.3 Å². The molecule has 0 saturated carbocycles. The molecule has 100 valence electrons. The second-order valence-corrected chi connectivity index (χ2v) is 4.13. The Kier molecular flexibility index (Phi) is 3.74. The van der Waals surface area contributed by atoms with Gasteiger partial charge >= 0.3 is 0 Å². The third-order valence-corrected chi connectivity index (χ3v) is 2.75.